The molecule has 2 amide bonds. The maximum absolute atomic E-state index is 11.9. The first kappa shape index (κ1) is 11.8. The van der Waals surface area contributed by atoms with E-state index in [-0.39, 0.29) is 18.4 Å². The van der Waals surface area contributed by atoms with Gasteiger partial charge in [-0.2, -0.15) is 0 Å². The van der Waals surface area contributed by atoms with Crippen molar-refractivity contribution in [2.75, 3.05) is 26.7 Å². The van der Waals surface area contributed by atoms with Crippen LogP contribution in [0.1, 0.15) is 19.8 Å². The monoisotopic (exact) mass is 212 g/mol. The molecule has 1 saturated heterocycles. The van der Waals surface area contributed by atoms with Crippen molar-refractivity contribution in [3.05, 3.63) is 0 Å². The largest absolute Gasteiger partial charge is 0.386 e. The van der Waals surface area contributed by atoms with E-state index in [1.54, 1.807) is 7.05 Å². The Morgan fingerprint density at radius 3 is 2.87 bits per heavy atom. The lowest BCUT2D eigenvalue weighted by molar-refractivity contribution is 0.143. The van der Waals surface area contributed by atoms with Gasteiger partial charge in [0.2, 0.25) is 0 Å². The van der Waals surface area contributed by atoms with Gasteiger partial charge in [0.1, 0.15) is 5.84 Å². The molecule has 3 N–H and O–H groups in total. The van der Waals surface area contributed by atoms with Gasteiger partial charge in [-0.25, -0.2) is 4.79 Å². The summed E-state index contributed by atoms with van der Waals surface area (Å²) < 4.78 is 0. The molecule has 1 atom stereocenters. The predicted octanol–water partition coefficient (Wildman–Crippen LogP) is 0.706. The van der Waals surface area contributed by atoms with E-state index in [2.05, 4.69) is 6.92 Å². The average Bonchev–Trinajstić information content (AvgIpc) is 2.15. The summed E-state index contributed by atoms with van der Waals surface area (Å²) in [6.45, 7) is 4.01. The van der Waals surface area contributed by atoms with E-state index in [1.807, 2.05) is 4.90 Å². The van der Waals surface area contributed by atoms with E-state index >= 15 is 0 Å². The highest BCUT2D eigenvalue weighted by Crippen LogP contribution is 2.16. The summed E-state index contributed by atoms with van der Waals surface area (Å²) in [5.74, 6) is 0.601. The van der Waals surface area contributed by atoms with Gasteiger partial charge in [-0.15, -0.1) is 0 Å². The van der Waals surface area contributed by atoms with Crippen LogP contribution in [0.3, 0.4) is 0 Å². The zero-order chi connectivity index (χ0) is 11.4. The van der Waals surface area contributed by atoms with Gasteiger partial charge in [-0.3, -0.25) is 5.41 Å². The third-order valence-corrected chi connectivity index (χ3v) is 2.66. The first-order valence-corrected chi connectivity index (χ1v) is 5.33. The standard InChI is InChI=1S/C10H20N4O/c1-8-4-3-5-14(6-8)10(15)13(2)7-9(11)12/h8H,3-7H2,1-2H3,(H3,11,12). The molecule has 0 saturated carbocycles. The minimum Gasteiger partial charge on any atom is -0.386 e. The summed E-state index contributed by atoms with van der Waals surface area (Å²) in [6, 6.07) is -0.0169. The average molecular weight is 212 g/mol. The zero-order valence-corrected chi connectivity index (χ0v) is 9.49. The first-order valence-electron chi connectivity index (χ1n) is 5.33. The van der Waals surface area contributed by atoms with E-state index in [0.29, 0.717) is 5.92 Å². The molecule has 1 rings (SSSR count). The highest BCUT2D eigenvalue weighted by atomic mass is 16.2. The Morgan fingerprint density at radius 1 is 1.67 bits per heavy atom. The summed E-state index contributed by atoms with van der Waals surface area (Å²) in [6.07, 6.45) is 2.26. The zero-order valence-electron chi connectivity index (χ0n) is 9.49. The number of amides is 2. The SMILES string of the molecule is CC1CCCN(C(=O)N(C)CC(=N)N)C1. The number of hydrogen-bond donors (Lipinski definition) is 2. The smallest absolute Gasteiger partial charge is 0.320 e. The van der Waals surface area contributed by atoms with Gasteiger partial charge in [0, 0.05) is 20.1 Å². The number of urea groups is 1. The molecule has 1 aliphatic rings. The molecule has 5 nitrogen and oxygen atoms in total. The van der Waals surface area contributed by atoms with Gasteiger partial charge in [0.05, 0.1) is 6.54 Å². The Bertz CT molecular complexity index is 254. The van der Waals surface area contributed by atoms with Crippen LogP contribution in [0.2, 0.25) is 0 Å². The number of likely N-dealkylation sites (N-methyl/N-ethyl adjacent to an activating group) is 1. The molecule has 0 aromatic heterocycles. The number of nitrogens with two attached hydrogens (primary N) is 1. The fourth-order valence-electron chi connectivity index (χ4n) is 1.93. The summed E-state index contributed by atoms with van der Waals surface area (Å²) in [4.78, 5) is 15.2. The minimum atomic E-state index is -0.0169. The van der Waals surface area contributed by atoms with Gasteiger partial charge in [-0.1, -0.05) is 6.92 Å². The van der Waals surface area contributed by atoms with Crippen molar-refractivity contribution in [3.8, 4) is 0 Å². The highest BCUT2D eigenvalue weighted by molar-refractivity contribution is 5.84. The number of amidine groups is 1. The predicted molar refractivity (Wildman–Crippen MR) is 59.9 cm³/mol. The van der Waals surface area contributed by atoms with Gasteiger partial charge >= 0.3 is 6.03 Å². The van der Waals surface area contributed by atoms with Crippen LogP contribution < -0.4 is 5.73 Å². The summed E-state index contributed by atoms with van der Waals surface area (Å²) in [5.41, 5.74) is 5.26. The molecule has 86 valence electrons. The van der Waals surface area contributed by atoms with Crippen LogP contribution in [0.25, 0.3) is 0 Å². The number of nitrogens with one attached hydrogen (secondary N) is 1. The number of carbonyl (C=O) groups is 1. The number of nitrogens with zero attached hydrogens (tertiary/aromatic N) is 2. The lowest BCUT2D eigenvalue weighted by atomic mass is 10.0. The number of likely N-dealkylation sites (tertiary alicyclic amines) is 1. The van der Waals surface area contributed by atoms with E-state index in [0.717, 1.165) is 19.5 Å². The molecule has 0 aliphatic carbocycles. The van der Waals surface area contributed by atoms with Gasteiger partial charge in [0.25, 0.3) is 0 Å². The fourth-order valence-corrected chi connectivity index (χ4v) is 1.93. The van der Waals surface area contributed by atoms with Crippen LogP contribution in [-0.2, 0) is 0 Å². The normalized spacial score (nSPS) is 21.2. The van der Waals surface area contributed by atoms with Crippen molar-refractivity contribution in [1.82, 2.24) is 9.80 Å². The minimum absolute atomic E-state index is 0.0169. The second kappa shape index (κ2) is 5.00. The lowest BCUT2D eigenvalue weighted by Crippen LogP contribution is -2.47. The van der Waals surface area contributed by atoms with Crippen LogP contribution >= 0.6 is 0 Å². The van der Waals surface area contributed by atoms with E-state index in [1.165, 1.54) is 11.3 Å². The number of hydrogen-bond acceptors (Lipinski definition) is 2. The summed E-state index contributed by atoms with van der Waals surface area (Å²) in [5, 5.41) is 7.14. The molecule has 1 heterocycles. The van der Waals surface area contributed by atoms with Crippen LogP contribution in [0.15, 0.2) is 0 Å². The van der Waals surface area contributed by atoms with Crippen molar-refractivity contribution < 1.29 is 4.79 Å². The second-order valence-electron chi connectivity index (χ2n) is 4.36. The van der Waals surface area contributed by atoms with Crippen molar-refractivity contribution in [3.63, 3.8) is 0 Å². The molecular weight excluding hydrogens is 192 g/mol. The number of carbonyl (C=O) groups excluding carboxylic acids is 1. The molecule has 1 fully saturated rings. The molecule has 0 aromatic carbocycles. The van der Waals surface area contributed by atoms with Crippen LogP contribution in [0.5, 0.6) is 0 Å². The lowest BCUT2D eigenvalue weighted by Gasteiger charge is -2.33. The molecule has 0 spiro atoms. The molecule has 0 radical (unpaired) electrons. The highest BCUT2D eigenvalue weighted by Gasteiger charge is 2.23. The van der Waals surface area contributed by atoms with Crippen molar-refractivity contribution in [1.29, 1.82) is 5.41 Å². The second-order valence-corrected chi connectivity index (χ2v) is 4.36. The van der Waals surface area contributed by atoms with Crippen LogP contribution in [0, 0.1) is 11.3 Å². The molecule has 1 aliphatic heterocycles. The quantitative estimate of drug-likeness (QED) is 0.522. The van der Waals surface area contributed by atoms with Gasteiger partial charge < -0.3 is 15.5 Å². The number of piperidine rings is 1. The van der Waals surface area contributed by atoms with Crippen LogP contribution in [-0.4, -0.2) is 48.3 Å². The maximum atomic E-state index is 11.9. The fraction of sp³-hybridized carbons (Fsp3) is 0.800. The Labute approximate surface area is 90.7 Å². The Hall–Kier alpha value is -1.26. The molecular formula is C10H20N4O. The number of rotatable bonds is 2. The molecule has 0 bridgehead atoms. The van der Waals surface area contributed by atoms with Crippen molar-refractivity contribution in [2.45, 2.75) is 19.8 Å². The maximum Gasteiger partial charge on any atom is 0.320 e. The van der Waals surface area contributed by atoms with E-state index in [9.17, 15) is 4.79 Å². The Balaban J connectivity index is 2.47. The first-order chi connectivity index (χ1) is 7.00. The topological polar surface area (TPSA) is 73.4 Å². The van der Waals surface area contributed by atoms with E-state index in [4.69, 9.17) is 11.1 Å². The molecule has 15 heavy (non-hydrogen) atoms. The Morgan fingerprint density at radius 2 is 2.33 bits per heavy atom. The third-order valence-electron chi connectivity index (χ3n) is 2.66. The van der Waals surface area contributed by atoms with Crippen molar-refractivity contribution >= 4 is 11.9 Å². The third kappa shape index (κ3) is 3.42. The van der Waals surface area contributed by atoms with Gasteiger partial charge in [0.15, 0.2) is 0 Å². The molecule has 0 aromatic rings. The summed E-state index contributed by atoms with van der Waals surface area (Å²) >= 11 is 0. The van der Waals surface area contributed by atoms with E-state index < -0.39 is 0 Å². The molecule has 5 heteroatoms. The molecule has 1 unspecified atom stereocenters. The van der Waals surface area contributed by atoms with Gasteiger partial charge in [-0.05, 0) is 18.8 Å². The van der Waals surface area contributed by atoms with Crippen molar-refractivity contribution in [2.24, 2.45) is 11.7 Å². The Kier molecular flexibility index (Phi) is 3.94. The summed E-state index contributed by atoms with van der Waals surface area (Å²) in [7, 11) is 1.68. The van der Waals surface area contributed by atoms with Crippen LogP contribution in [0.4, 0.5) is 4.79 Å².